The fourth-order valence-electron chi connectivity index (χ4n) is 2.55. The molecule has 3 unspecified atom stereocenters. The highest BCUT2D eigenvalue weighted by Crippen LogP contribution is 2.32. The van der Waals surface area contributed by atoms with Gasteiger partial charge in [0, 0.05) is 12.6 Å². The summed E-state index contributed by atoms with van der Waals surface area (Å²) >= 11 is 12.0. The van der Waals surface area contributed by atoms with E-state index in [4.69, 9.17) is 27.9 Å². The Balaban J connectivity index is 1.73. The molecule has 0 radical (unpaired) electrons. The molecule has 0 spiro atoms. The molecule has 1 saturated carbocycles. The van der Waals surface area contributed by atoms with Gasteiger partial charge in [-0.3, -0.25) is 0 Å². The van der Waals surface area contributed by atoms with E-state index in [1.54, 1.807) is 18.2 Å². The highest BCUT2D eigenvalue weighted by molar-refractivity contribution is 6.37. The van der Waals surface area contributed by atoms with Crippen LogP contribution in [-0.2, 0) is 0 Å². The summed E-state index contributed by atoms with van der Waals surface area (Å²) < 4.78 is 5.51. The summed E-state index contributed by atoms with van der Waals surface area (Å²) in [5.74, 6) is 1.21. The minimum absolute atomic E-state index is 0.179. The fraction of sp³-hybridized carbons (Fsp3) is 0.600. The predicted octanol–water partition coefficient (Wildman–Crippen LogP) is 3.51. The first-order valence-corrected chi connectivity index (χ1v) is 7.80. The van der Waals surface area contributed by atoms with Gasteiger partial charge in [-0.25, -0.2) is 0 Å². The zero-order chi connectivity index (χ0) is 14.5. The van der Waals surface area contributed by atoms with Gasteiger partial charge in [0.2, 0.25) is 0 Å². The van der Waals surface area contributed by atoms with Crippen molar-refractivity contribution in [3.05, 3.63) is 28.2 Å². The first-order valence-electron chi connectivity index (χ1n) is 7.04. The molecular formula is C15H21Cl2NO2. The minimum atomic E-state index is -0.571. The van der Waals surface area contributed by atoms with Gasteiger partial charge in [-0.15, -0.1) is 0 Å². The van der Waals surface area contributed by atoms with Crippen LogP contribution in [0.4, 0.5) is 0 Å². The Morgan fingerprint density at radius 1 is 1.35 bits per heavy atom. The second-order valence-electron chi connectivity index (χ2n) is 5.54. The van der Waals surface area contributed by atoms with Crippen LogP contribution in [0.1, 0.15) is 26.2 Å². The van der Waals surface area contributed by atoms with Gasteiger partial charge in [0.15, 0.2) is 5.75 Å². The van der Waals surface area contributed by atoms with E-state index in [0.717, 1.165) is 5.92 Å². The maximum atomic E-state index is 9.94. The molecule has 1 aromatic rings. The third-order valence-electron chi connectivity index (χ3n) is 3.68. The van der Waals surface area contributed by atoms with Crippen molar-refractivity contribution < 1.29 is 9.84 Å². The summed E-state index contributed by atoms with van der Waals surface area (Å²) in [4.78, 5) is 0. The number of hydrogen-bond acceptors (Lipinski definition) is 3. The molecular weight excluding hydrogens is 297 g/mol. The summed E-state index contributed by atoms with van der Waals surface area (Å²) in [7, 11) is 0. The summed E-state index contributed by atoms with van der Waals surface area (Å²) in [5, 5.41) is 14.2. The quantitative estimate of drug-likeness (QED) is 0.843. The molecule has 0 amide bonds. The smallest absolute Gasteiger partial charge is 0.156 e. The molecule has 1 aliphatic rings. The van der Waals surface area contributed by atoms with Crippen LogP contribution >= 0.6 is 23.2 Å². The number of halogens is 2. The van der Waals surface area contributed by atoms with Crippen molar-refractivity contribution in [3.63, 3.8) is 0 Å². The lowest BCUT2D eigenvalue weighted by Crippen LogP contribution is -2.36. The summed E-state index contributed by atoms with van der Waals surface area (Å²) in [6.45, 7) is 2.97. The standard InChI is InChI=1S/C15H21Cl2NO2/c1-10-5-6-11(7-10)18-8-12(19)9-20-15-13(16)3-2-4-14(15)17/h2-4,10-12,18-19H,5-9H2,1H3. The third-order valence-corrected chi connectivity index (χ3v) is 4.27. The van der Waals surface area contributed by atoms with E-state index >= 15 is 0 Å². The Morgan fingerprint density at radius 2 is 2.05 bits per heavy atom. The van der Waals surface area contributed by atoms with Crippen LogP contribution in [0.2, 0.25) is 10.0 Å². The molecule has 0 aromatic heterocycles. The van der Waals surface area contributed by atoms with Crippen LogP contribution in [0.25, 0.3) is 0 Å². The molecule has 3 atom stereocenters. The Kier molecular flexibility index (Phi) is 5.97. The number of para-hydroxylation sites is 1. The van der Waals surface area contributed by atoms with Crippen molar-refractivity contribution in [2.75, 3.05) is 13.2 Å². The van der Waals surface area contributed by atoms with Crippen molar-refractivity contribution in [2.45, 2.75) is 38.3 Å². The van der Waals surface area contributed by atoms with Gasteiger partial charge in [0.05, 0.1) is 10.0 Å². The zero-order valence-corrected chi connectivity index (χ0v) is 13.1. The van der Waals surface area contributed by atoms with E-state index < -0.39 is 6.10 Å². The third kappa shape index (κ3) is 4.52. The maximum Gasteiger partial charge on any atom is 0.156 e. The molecule has 3 nitrogen and oxygen atoms in total. The second-order valence-corrected chi connectivity index (χ2v) is 6.35. The van der Waals surface area contributed by atoms with E-state index in [1.807, 2.05) is 0 Å². The first-order chi connectivity index (χ1) is 9.56. The lowest BCUT2D eigenvalue weighted by Gasteiger charge is -2.17. The van der Waals surface area contributed by atoms with E-state index in [1.165, 1.54) is 19.3 Å². The molecule has 1 aliphatic carbocycles. The Labute approximate surface area is 130 Å². The predicted molar refractivity (Wildman–Crippen MR) is 82.8 cm³/mol. The first kappa shape index (κ1) is 15.9. The summed E-state index contributed by atoms with van der Waals surface area (Å²) in [5.41, 5.74) is 0. The monoisotopic (exact) mass is 317 g/mol. The second kappa shape index (κ2) is 7.51. The average Bonchev–Trinajstić information content (AvgIpc) is 2.82. The summed E-state index contributed by atoms with van der Waals surface area (Å²) in [6.07, 6.45) is 3.06. The van der Waals surface area contributed by atoms with E-state index in [-0.39, 0.29) is 6.61 Å². The molecule has 2 N–H and O–H groups in total. The molecule has 1 aromatic carbocycles. The SMILES string of the molecule is CC1CCC(NCC(O)COc2c(Cl)cccc2Cl)C1. The van der Waals surface area contributed by atoms with Gasteiger partial charge < -0.3 is 15.2 Å². The molecule has 0 heterocycles. The number of aliphatic hydroxyl groups is 1. The molecule has 0 saturated heterocycles. The molecule has 2 rings (SSSR count). The van der Waals surface area contributed by atoms with Gasteiger partial charge in [-0.1, -0.05) is 36.2 Å². The Morgan fingerprint density at radius 3 is 2.65 bits per heavy atom. The molecule has 20 heavy (non-hydrogen) atoms. The van der Waals surface area contributed by atoms with Crippen molar-refractivity contribution >= 4 is 23.2 Å². The number of benzene rings is 1. The fourth-order valence-corrected chi connectivity index (χ4v) is 3.06. The van der Waals surface area contributed by atoms with Crippen LogP contribution in [-0.4, -0.2) is 30.4 Å². The Hall–Kier alpha value is -0.480. The van der Waals surface area contributed by atoms with Gasteiger partial charge in [0.25, 0.3) is 0 Å². The Bertz CT molecular complexity index is 422. The van der Waals surface area contributed by atoms with E-state index in [2.05, 4.69) is 12.2 Å². The maximum absolute atomic E-state index is 9.94. The highest BCUT2D eigenvalue weighted by atomic mass is 35.5. The van der Waals surface area contributed by atoms with Crippen LogP contribution in [0.3, 0.4) is 0 Å². The molecule has 0 aliphatic heterocycles. The largest absolute Gasteiger partial charge is 0.488 e. The van der Waals surface area contributed by atoms with Crippen LogP contribution in [0.5, 0.6) is 5.75 Å². The van der Waals surface area contributed by atoms with E-state index in [9.17, 15) is 5.11 Å². The number of ether oxygens (including phenoxy) is 1. The molecule has 1 fully saturated rings. The van der Waals surface area contributed by atoms with Crippen molar-refractivity contribution in [1.82, 2.24) is 5.32 Å². The van der Waals surface area contributed by atoms with Crippen LogP contribution in [0, 0.1) is 5.92 Å². The molecule has 0 bridgehead atoms. The van der Waals surface area contributed by atoms with Gasteiger partial charge >= 0.3 is 0 Å². The lowest BCUT2D eigenvalue weighted by atomic mass is 10.1. The topological polar surface area (TPSA) is 41.5 Å². The van der Waals surface area contributed by atoms with Crippen molar-refractivity contribution in [2.24, 2.45) is 5.92 Å². The van der Waals surface area contributed by atoms with Crippen molar-refractivity contribution in [1.29, 1.82) is 0 Å². The normalized spacial score (nSPS) is 23.8. The van der Waals surface area contributed by atoms with Crippen LogP contribution < -0.4 is 10.1 Å². The molecule has 5 heteroatoms. The van der Waals surface area contributed by atoms with Crippen LogP contribution in [0.15, 0.2) is 18.2 Å². The van der Waals surface area contributed by atoms with Crippen molar-refractivity contribution in [3.8, 4) is 5.75 Å². The summed E-state index contributed by atoms with van der Waals surface area (Å²) in [6, 6.07) is 5.71. The highest BCUT2D eigenvalue weighted by Gasteiger charge is 2.21. The zero-order valence-electron chi connectivity index (χ0n) is 11.6. The van der Waals surface area contributed by atoms with Gasteiger partial charge in [0.1, 0.15) is 12.7 Å². The number of rotatable bonds is 6. The number of nitrogens with one attached hydrogen (secondary N) is 1. The van der Waals surface area contributed by atoms with Gasteiger partial charge in [-0.05, 0) is 37.3 Å². The molecule has 112 valence electrons. The number of aliphatic hydroxyl groups excluding tert-OH is 1. The van der Waals surface area contributed by atoms with Gasteiger partial charge in [-0.2, -0.15) is 0 Å². The lowest BCUT2D eigenvalue weighted by molar-refractivity contribution is 0.104. The minimum Gasteiger partial charge on any atom is -0.488 e. The van der Waals surface area contributed by atoms with E-state index in [0.29, 0.717) is 28.4 Å². The average molecular weight is 318 g/mol. The number of hydrogen-bond donors (Lipinski definition) is 2.